The van der Waals surface area contributed by atoms with Crippen LogP contribution in [0.15, 0.2) is 18.2 Å². The smallest absolute Gasteiger partial charge is 0.233 e. The van der Waals surface area contributed by atoms with Crippen molar-refractivity contribution in [1.82, 2.24) is 9.80 Å². The van der Waals surface area contributed by atoms with Crippen LogP contribution < -0.4 is 0 Å². The lowest BCUT2D eigenvalue weighted by atomic mass is 10.2. The van der Waals surface area contributed by atoms with Gasteiger partial charge in [0.2, 0.25) is 11.9 Å². The van der Waals surface area contributed by atoms with Crippen LogP contribution in [0.3, 0.4) is 0 Å². The topological polar surface area (TPSA) is 66.7 Å². The summed E-state index contributed by atoms with van der Waals surface area (Å²) in [6.45, 7) is 3.86. The van der Waals surface area contributed by atoms with Crippen molar-refractivity contribution >= 4 is 29.1 Å². The average Bonchev–Trinajstić information content (AvgIpc) is 3.22. The molecule has 1 saturated carbocycles. The van der Waals surface area contributed by atoms with Gasteiger partial charge in [0.1, 0.15) is 5.92 Å². The van der Waals surface area contributed by atoms with E-state index < -0.39 is 12.0 Å². The van der Waals surface area contributed by atoms with Crippen LogP contribution in [0, 0.1) is 16.0 Å². The Kier molecular flexibility index (Phi) is 5.81. The fourth-order valence-corrected chi connectivity index (χ4v) is 3.63. The van der Waals surface area contributed by atoms with Crippen molar-refractivity contribution in [3.8, 4) is 0 Å². The van der Waals surface area contributed by atoms with Crippen molar-refractivity contribution in [2.45, 2.75) is 31.8 Å². The summed E-state index contributed by atoms with van der Waals surface area (Å²) in [6.07, 6.45) is 2.72. The molecular formula is C17H21Cl2N3O3. The third-order valence-corrected chi connectivity index (χ3v) is 5.64. The Labute approximate surface area is 156 Å². The van der Waals surface area contributed by atoms with Gasteiger partial charge in [0.05, 0.1) is 10.0 Å². The van der Waals surface area contributed by atoms with E-state index in [4.69, 9.17) is 23.2 Å². The van der Waals surface area contributed by atoms with Crippen LogP contribution >= 0.6 is 23.2 Å². The summed E-state index contributed by atoms with van der Waals surface area (Å²) >= 11 is 12.0. The predicted molar refractivity (Wildman–Crippen MR) is 96.4 cm³/mol. The molecule has 25 heavy (non-hydrogen) atoms. The number of rotatable bonds is 7. The molecule has 1 saturated heterocycles. The third kappa shape index (κ3) is 4.63. The molecule has 0 aromatic heterocycles. The quantitative estimate of drug-likeness (QED) is 0.534. The highest BCUT2D eigenvalue weighted by atomic mass is 35.5. The minimum atomic E-state index is -0.726. The summed E-state index contributed by atoms with van der Waals surface area (Å²) in [6, 6.07) is 4.56. The lowest BCUT2D eigenvalue weighted by molar-refractivity contribution is -0.497. The normalized spacial score (nSPS) is 22.8. The maximum absolute atomic E-state index is 12.7. The molecule has 2 fully saturated rings. The van der Waals surface area contributed by atoms with Crippen molar-refractivity contribution in [1.29, 1.82) is 0 Å². The van der Waals surface area contributed by atoms with Gasteiger partial charge >= 0.3 is 0 Å². The second kappa shape index (κ2) is 7.89. The third-order valence-electron chi connectivity index (χ3n) is 4.90. The first-order valence-electron chi connectivity index (χ1n) is 8.54. The van der Waals surface area contributed by atoms with E-state index in [0.717, 1.165) is 25.2 Å². The molecule has 2 unspecified atom stereocenters. The molecule has 8 heteroatoms. The van der Waals surface area contributed by atoms with E-state index >= 15 is 0 Å². The molecule has 1 aromatic carbocycles. The minimum absolute atomic E-state index is 0.132. The highest BCUT2D eigenvalue weighted by Crippen LogP contribution is 2.35. The number of nitro groups is 1. The number of amides is 1. The lowest BCUT2D eigenvalue weighted by Crippen LogP contribution is -2.39. The fourth-order valence-electron chi connectivity index (χ4n) is 3.31. The van der Waals surface area contributed by atoms with Crippen molar-refractivity contribution in [2.75, 3.05) is 26.2 Å². The number of hydrogen-bond acceptors (Lipinski definition) is 4. The van der Waals surface area contributed by atoms with Crippen LogP contribution in [0.5, 0.6) is 0 Å². The maximum Gasteiger partial charge on any atom is 0.233 e. The Bertz CT molecular complexity index is 665. The molecule has 1 amide bonds. The Hall–Kier alpha value is -1.37. The first-order valence-corrected chi connectivity index (χ1v) is 9.30. The zero-order valence-electron chi connectivity index (χ0n) is 13.9. The molecular weight excluding hydrogens is 365 g/mol. The van der Waals surface area contributed by atoms with E-state index in [0.29, 0.717) is 29.6 Å². The van der Waals surface area contributed by atoms with E-state index in [-0.39, 0.29) is 10.8 Å². The molecule has 0 N–H and O–H groups in total. The number of likely N-dealkylation sites (tertiary alicyclic amines) is 1. The number of carbonyl (C=O) groups excluding carboxylic acids is 1. The van der Waals surface area contributed by atoms with Gasteiger partial charge in [0, 0.05) is 31.0 Å². The Morgan fingerprint density at radius 2 is 2.00 bits per heavy atom. The standard InChI is InChI=1S/C17H21Cl2N3O3/c18-14-4-3-12(9-15(14)19)11-21(8-7-20-5-1-2-6-20)17(23)13-10-16(13)22(24)25/h3-4,9,13,16H,1-2,5-8,10-11H2. The molecule has 1 aliphatic carbocycles. The first kappa shape index (κ1) is 18.4. The summed E-state index contributed by atoms with van der Waals surface area (Å²) in [7, 11) is 0. The number of carbonyl (C=O) groups is 1. The van der Waals surface area contributed by atoms with Gasteiger partial charge in [0.25, 0.3) is 0 Å². The maximum atomic E-state index is 12.7. The minimum Gasteiger partial charge on any atom is -0.337 e. The molecule has 1 aromatic rings. The van der Waals surface area contributed by atoms with E-state index in [1.165, 1.54) is 12.8 Å². The molecule has 2 aliphatic rings. The second-order valence-corrected chi connectivity index (χ2v) is 7.57. The number of hydrogen-bond donors (Lipinski definition) is 0. The van der Waals surface area contributed by atoms with Crippen molar-refractivity contribution in [3.63, 3.8) is 0 Å². The number of nitrogens with zero attached hydrogens (tertiary/aromatic N) is 3. The van der Waals surface area contributed by atoms with Gasteiger partial charge in [-0.2, -0.15) is 0 Å². The summed E-state index contributed by atoms with van der Waals surface area (Å²) in [4.78, 5) is 27.3. The van der Waals surface area contributed by atoms with Crippen molar-refractivity contribution in [3.05, 3.63) is 43.9 Å². The zero-order chi connectivity index (χ0) is 18.0. The Balaban J connectivity index is 1.67. The van der Waals surface area contributed by atoms with Crippen LogP contribution in [0.1, 0.15) is 24.8 Å². The zero-order valence-corrected chi connectivity index (χ0v) is 15.4. The van der Waals surface area contributed by atoms with Crippen LogP contribution in [0.25, 0.3) is 0 Å². The SMILES string of the molecule is O=C(C1CC1[N+](=O)[O-])N(CCN1CCCC1)Cc1ccc(Cl)c(Cl)c1. The molecule has 1 heterocycles. The fraction of sp³-hybridized carbons (Fsp3) is 0.588. The summed E-state index contributed by atoms with van der Waals surface area (Å²) in [5.41, 5.74) is 0.877. The lowest BCUT2D eigenvalue weighted by Gasteiger charge is -2.25. The van der Waals surface area contributed by atoms with Gasteiger partial charge in [-0.05, 0) is 43.6 Å². The van der Waals surface area contributed by atoms with Gasteiger partial charge in [-0.15, -0.1) is 0 Å². The van der Waals surface area contributed by atoms with Gasteiger partial charge in [-0.25, -0.2) is 0 Å². The van der Waals surface area contributed by atoms with Crippen LogP contribution in [-0.2, 0) is 11.3 Å². The highest BCUT2D eigenvalue weighted by molar-refractivity contribution is 6.42. The molecule has 2 atom stereocenters. The molecule has 6 nitrogen and oxygen atoms in total. The summed E-state index contributed by atoms with van der Waals surface area (Å²) in [5, 5.41) is 11.8. The number of halogens is 2. The van der Waals surface area contributed by atoms with Crippen LogP contribution in [-0.4, -0.2) is 52.9 Å². The van der Waals surface area contributed by atoms with Gasteiger partial charge in [0.15, 0.2) is 0 Å². The molecule has 1 aliphatic heterocycles. The molecule has 0 radical (unpaired) electrons. The van der Waals surface area contributed by atoms with Crippen LogP contribution in [0.4, 0.5) is 0 Å². The summed E-state index contributed by atoms with van der Waals surface area (Å²) in [5.74, 6) is -0.622. The van der Waals surface area contributed by atoms with Crippen molar-refractivity contribution < 1.29 is 9.72 Å². The molecule has 0 bridgehead atoms. The monoisotopic (exact) mass is 385 g/mol. The van der Waals surface area contributed by atoms with Gasteiger partial charge < -0.3 is 9.80 Å². The Morgan fingerprint density at radius 1 is 1.28 bits per heavy atom. The summed E-state index contributed by atoms with van der Waals surface area (Å²) < 4.78 is 0. The first-order chi connectivity index (χ1) is 12.0. The van der Waals surface area contributed by atoms with E-state index in [1.807, 2.05) is 6.07 Å². The van der Waals surface area contributed by atoms with Crippen LogP contribution in [0.2, 0.25) is 10.0 Å². The largest absolute Gasteiger partial charge is 0.337 e. The molecule has 0 spiro atoms. The van der Waals surface area contributed by atoms with Gasteiger partial charge in [-0.1, -0.05) is 29.3 Å². The van der Waals surface area contributed by atoms with E-state index in [9.17, 15) is 14.9 Å². The highest BCUT2D eigenvalue weighted by Gasteiger charge is 2.54. The van der Waals surface area contributed by atoms with Gasteiger partial charge in [-0.3, -0.25) is 14.9 Å². The number of benzene rings is 1. The van der Waals surface area contributed by atoms with Crippen molar-refractivity contribution in [2.24, 2.45) is 5.92 Å². The van der Waals surface area contributed by atoms with E-state index in [2.05, 4.69) is 4.90 Å². The molecule has 3 rings (SSSR count). The predicted octanol–water partition coefficient (Wildman–Crippen LogP) is 3.08. The Morgan fingerprint density at radius 3 is 2.60 bits per heavy atom. The second-order valence-electron chi connectivity index (χ2n) is 6.75. The van der Waals surface area contributed by atoms with E-state index in [1.54, 1.807) is 17.0 Å². The molecule has 136 valence electrons. The average molecular weight is 386 g/mol.